The molecule has 0 aliphatic rings. The number of hydrogen-bond donors (Lipinski definition) is 1. The van der Waals surface area contributed by atoms with Crippen LogP contribution in [0.15, 0.2) is 59.3 Å². The highest BCUT2D eigenvalue weighted by Gasteiger charge is 2.19. The Bertz CT molecular complexity index is 1430. The van der Waals surface area contributed by atoms with Crippen LogP contribution in [-0.2, 0) is 7.05 Å². The Morgan fingerprint density at radius 2 is 1.97 bits per heavy atom. The molecule has 4 aromatic heterocycles. The zero-order valence-corrected chi connectivity index (χ0v) is 16.8. The van der Waals surface area contributed by atoms with Crippen molar-refractivity contribution in [2.45, 2.75) is 13.8 Å². The van der Waals surface area contributed by atoms with Crippen molar-refractivity contribution in [1.29, 1.82) is 0 Å². The first-order chi connectivity index (χ1) is 14.5. The number of hydrogen-bond acceptors (Lipinski definition) is 5. The molecule has 4 heterocycles. The van der Waals surface area contributed by atoms with Crippen LogP contribution in [0.1, 0.15) is 21.9 Å². The first-order valence-corrected chi connectivity index (χ1v) is 9.56. The van der Waals surface area contributed by atoms with Gasteiger partial charge in [0.1, 0.15) is 11.4 Å². The summed E-state index contributed by atoms with van der Waals surface area (Å²) in [7, 11) is 1.92. The zero-order chi connectivity index (χ0) is 20.8. The molecule has 1 aromatic carbocycles. The Balaban J connectivity index is 1.52. The summed E-state index contributed by atoms with van der Waals surface area (Å²) in [6, 6.07) is 13.1. The monoisotopic (exact) mass is 397 g/mol. The number of rotatable bonds is 3. The zero-order valence-electron chi connectivity index (χ0n) is 16.8. The number of carbonyl (C=O) groups excluding carboxylic acids is 1. The smallest absolute Gasteiger partial charge is 0.292 e. The normalized spacial score (nSPS) is 11.3. The number of furan rings is 1. The minimum absolute atomic E-state index is 0.230. The molecule has 7 nitrogen and oxygen atoms in total. The second kappa shape index (κ2) is 6.81. The summed E-state index contributed by atoms with van der Waals surface area (Å²) in [6.45, 7) is 3.99. The van der Waals surface area contributed by atoms with E-state index in [0.717, 1.165) is 38.8 Å². The van der Waals surface area contributed by atoms with Crippen molar-refractivity contribution >= 4 is 33.6 Å². The highest BCUT2D eigenvalue weighted by Crippen LogP contribution is 2.34. The Labute approximate surface area is 172 Å². The lowest BCUT2D eigenvalue weighted by Gasteiger charge is -2.04. The summed E-state index contributed by atoms with van der Waals surface area (Å²) in [5.41, 5.74) is 5.33. The number of nitrogens with zero attached hydrogens (tertiary/aromatic N) is 4. The SMILES string of the molecule is Cc1nn(C)c(C)c1-c1cccc2cc(C(=O)Nc3ccc4cnccc4n3)oc12. The van der Waals surface area contributed by atoms with E-state index < -0.39 is 0 Å². The van der Waals surface area contributed by atoms with Crippen molar-refractivity contribution in [3.05, 3.63) is 72.0 Å². The maximum absolute atomic E-state index is 12.8. The molecule has 0 aliphatic carbocycles. The van der Waals surface area contributed by atoms with Gasteiger partial charge in [-0.3, -0.25) is 14.5 Å². The quantitative estimate of drug-likeness (QED) is 0.479. The lowest BCUT2D eigenvalue weighted by atomic mass is 10.0. The highest BCUT2D eigenvalue weighted by molar-refractivity contribution is 6.06. The average Bonchev–Trinajstić information content (AvgIpc) is 3.29. The maximum Gasteiger partial charge on any atom is 0.292 e. The van der Waals surface area contributed by atoms with Crippen LogP contribution in [0.3, 0.4) is 0 Å². The van der Waals surface area contributed by atoms with Crippen LogP contribution in [0.4, 0.5) is 5.82 Å². The van der Waals surface area contributed by atoms with E-state index in [0.29, 0.717) is 11.4 Å². The van der Waals surface area contributed by atoms with Gasteiger partial charge in [0.05, 0.1) is 11.2 Å². The molecule has 7 heteroatoms. The van der Waals surface area contributed by atoms with Crippen molar-refractivity contribution in [2.24, 2.45) is 7.05 Å². The number of anilines is 1. The Morgan fingerprint density at radius 3 is 2.77 bits per heavy atom. The number of amides is 1. The Kier molecular flexibility index (Phi) is 4.10. The van der Waals surface area contributed by atoms with Crippen LogP contribution in [-0.4, -0.2) is 25.7 Å². The highest BCUT2D eigenvalue weighted by atomic mass is 16.3. The number of carbonyl (C=O) groups is 1. The van der Waals surface area contributed by atoms with Gasteiger partial charge in [-0.15, -0.1) is 0 Å². The lowest BCUT2D eigenvalue weighted by molar-refractivity contribution is 0.0998. The lowest BCUT2D eigenvalue weighted by Crippen LogP contribution is -2.11. The molecule has 1 N–H and O–H groups in total. The maximum atomic E-state index is 12.8. The van der Waals surface area contributed by atoms with E-state index in [9.17, 15) is 4.79 Å². The number of para-hydroxylation sites is 1. The van der Waals surface area contributed by atoms with E-state index >= 15 is 0 Å². The Morgan fingerprint density at radius 1 is 1.10 bits per heavy atom. The van der Waals surface area contributed by atoms with Crippen LogP contribution in [0.2, 0.25) is 0 Å². The number of benzene rings is 1. The minimum Gasteiger partial charge on any atom is -0.450 e. The molecule has 5 aromatic rings. The van der Waals surface area contributed by atoms with E-state index in [1.165, 1.54) is 0 Å². The van der Waals surface area contributed by atoms with Crippen molar-refractivity contribution in [2.75, 3.05) is 5.32 Å². The second-order valence-corrected chi connectivity index (χ2v) is 7.22. The summed E-state index contributed by atoms with van der Waals surface area (Å²) in [5.74, 6) is 0.337. The van der Waals surface area contributed by atoms with Gasteiger partial charge in [-0.05, 0) is 38.1 Å². The summed E-state index contributed by atoms with van der Waals surface area (Å²) in [4.78, 5) is 21.4. The molecule has 0 saturated carbocycles. The average molecular weight is 397 g/mol. The summed E-state index contributed by atoms with van der Waals surface area (Å²) in [6.07, 6.45) is 3.40. The predicted octanol–water partition coefficient (Wildman–Crippen LogP) is 4.65. The molecule has 0 unspecified atom stereocenters. The first-order valence-electron chi connectivity index (χ1n) is 9.56. The van der Waals surface area contributed by atoms with Gasteiger partial charge in [-0.1, -0.05) is 18.2 Å². The van der Waals surface area contributed by atoms with Gasteiger partial charge >= 0.3 is 0 Å². The minimum atomic E-state index is -0.349. The van der Waals surface area contributed by atoms with Gasteiger partial charge in [-0.25, -0.2) is 4.98 Å². The first kappa shape index (κ1) is 18.1. The largest absolute Gasteiger partial charge is 0.450 e. The molecule has 0 fully saturated rings. The molecule has 0 spiro atoms. The van der Waals surface area contributed by atoms with Crippen LogP contribution in [0.5, 0.6) is 0 Å². The van der Waals surface area contributed by atoms with E-state index in [-0.39, 0.29) is 11.7 Å². The van der Waals surface area contributed by atoms with Gasteiger partial charge in [-0.2, -0.15) is 5.10 Å². The molecule has 5 rings (SSSR count). The van der Waals surface area contributed by atoms with Crippen molar-refractivity contribution in [3.8, 4) is 11.1 Å². The number of fused-ring (bicyclic) bond motifs is 2. The Hall–Kier alpha value is -4.00. The topological polar surface area (TPSA) is 85.8 Å². The van der Waals surface area contributed by atoms with E-state index in [1.54, 1.807) is 30.6 Å². The molecule has 1 amide bonds. The molecule has 30 heavy (non-hydrogen) atoms. The molecule has 0 aliphatic heterocycles. The van der Waals surface area contributed by atoms with Gasteiger partial charge in [0.2, 0.25) is 0 Å². The number of aryl methyl sites for hydroxylation is 2. The van der Waals surface area contributed by atoms with Crippen molar-refractivity contribution < 1.29 is 9.21 Å². The molecular formula is C23H19N5O2. The van der Waals surface area contributed by atoms with E-state index in [1.807, 2.05) is 49.8 Å². The van der Waals surface area contributed by atoms with Gasteiger partial charge in [0, 0.05) is 47.0 Å². The number of pyridine rings is 2. The van der Waals surface area contributed by atoms with Crippen LogP contribution >= 0.6 is 0 Å². The van der Waals surface area contributed by atoms with Gasteiger partial charge in [0.25, 0.3) is 5.91 Å². The summed E-state index contributed by atoms with van der Waals surface area (Å²) < 4.78 is 7.86. The second-order valence-electron chi connectivity index (χ2n) is 7.22. The van der Waals surface area contributed by atoms with Gasteiger partial charge in [0.15, 0.2) is 5.76 Å². The number of nitrogens with one attached hydrogen (secondary N) is 1. The fourth-order valence-corrected chi connectivity index (χ4v) is 3.75. The van der Waals surface area contributed by atoms with Crippen molar-refractivity contribution in [1.82, 2.24) is 19.7 Å². The molecule has 0 saturated heterocycles. The standard InChI is InChI=1S/C23H19N5O2/c1-13-21(14(2)28(3)27-13)17-6-4-5-15-11-19(30-22(15)17)23(29)26-20-8-7-16-12-24-10-9-18(16)25-20/h4-12H,1-3H3,(H,25,26,29). The molecule has 0 radical (unpaired) electrons. The molecular weight excluding hydrogens is 378 g/mol. The third-order valence-corrected chi connectivity index (χ3v) is 5.28. The van der Waals surface area contributed by atoms with Crippen LogP contribution in [0.25, 0.3) is 33.0 Å². The fourth-order valence-electron chi connectivity index (χ4n) is 3.75. The number of aromatic nitrogens is 4. The molecule has 0 bridgehead atoms. The molecule has 148 valence electrons. The summed E-state index contributed by atoms with van der Waals surface area (Å²) >= 11 is 0. The third-order valence-electron chi connectivity index (χ3n) is 5.28. The summed E-state index contributed by atoms with van der Waals surface area (Å²) in [5, 5.41) is 9.08. The van der Waals surface area contributed by atoms with Gasteiger partial charge < -0.3 is 9.73 Å². The van der Waals surface area contributed by atoms with Crippen LogP contribution < -0.4 is 5.32 Å². The van der Waals surface area contributed by atoms with Crippen molar-refractivity contribution in [3.63, 3.8) is 0 Å². The molecule has 0 atom stereocenters. The predicted molar refractivity (Wildman–Crippen MR) is 115 cm³/mol. The fraction of sp³-hybridized carbons (Fsp3) is 0.130. The van der Waals surface area contributed by atoms with E-state index in [2.05, 4.69) is 20.4 Å². The van der Waals surface area contributed by atoms with E-state index in [4.69, 9.17) is 4.42 Å². The van der Waals surface area contributed by atoms with Crippen LogP contribution in [0, 0.1) is 13.8 Å². The third kappa shape index (κ3) is 2.91.